The van der Waals surface area contributed by atoms with Crippen LogP contribution in [-0.2, 0) is 11.2 Å². The van der Waals surface area contributed by atoms with E-state index in [1.807, 2.05) is 12.1 Å². The summed E-state index contributed by atoms with van der Waals surface area (Å²) in [6, 6.07) is 6.12. The quantitative estimate of drug-likeness (QED) is 0.562. The molecule has 0 amide bonds. The zero-order chi connectivity index (χ0) is 13.0. The van der Waals surface area contributed by atoms with Gasteiger partial charge in [0.2, 0.25) is 0 Å². The van der Waals surface area contributed by atoms with Crippen LogP contribution in [0.1, 0.15) is 43.7 Å². The van der Waals surface area contributed by atoms with E-state index in [4.69, 9.17) is 4.74 Å². The molecule has 0 saturated heterocycles. The Balaban J connectivity index is 2.24. The van der Waals surface area contributed by atoms with Gasteiger partial charge in [0, 0.05) is 12.0 Å². The summed E-state index contributed by atoms with van der Waals surface area (Å²) in [4.78, 5) is 11.2. The Bertz CT molecular complexity index is 472. The molecule has 2 nitrogen and oxygen atoms in total. The van der Waals surface area contributed by atoms with E-state index in [9.17, 15) is 4.79 Å². The summed E-state index contributed by atoms with van der Waals surface area (Å²) in [5.74, 6) is 0.869. The molecule has 96 valence electrons. The van der Waals surface area contributed by atoms with E-state index in [-0.39, 0.29) is 0 Å². The van der Waals surface area contributed by atoms with Gasteiger partial charge in [0.25, 0.3) is 0 Å². The molecule has 2 rings (SSSR count). The molecule has 0 N–H and O–H groups in total. The summed E-state index contributed by atoms with van der Waals surface area (Å²) in [6.07, 6.45) is 6.39. The summed E-state index contributed by atoms with van der Waals surface area (Å²) in [7, 11) is 1.67. The maximum Gasteiger partial charge on any atom is 0.146 e. The first-order valence-corrected chi connectivity index (χ1v) is 6.64. The van der Waals surface area contributed by atoms with Crippen molar-refractivity contribution in [3.63, 3.8) is 0 Å². The van der Waals surface area contributed by atoms with Crippen LogP contribution in [0.15, 0.2) is 23.8 Å². The minimum Gasteiger partial charge on any atom is -0.497 e. The first-order valence-electron chi connectivity index (χ1n) is 6.64. The van der Waals surface area contributed by atoms with E-state index in [1.54, 1.807) is 7.11 Å². The minimum absolute atomic E-state index is 0.761. The molecular weight excluding hydrogens is 224 g/mol. The number of benzene rings is 1. The molecule has 0 atom stereocenters. The Morgan fingerprint density at radius 2 is 2.17 bits per heavy atom. The van der Waals surface area contributed by atoms with Crippen LogP contribution in [0.25, 0.3) is 5.57 Å². The van der Waals surface area contributed by atoms with Gasteiger partial charge in [-0.15, -0.1) is 0 Å². The van der Waals surface area contributed by atoms with Gasteiger partial charge in [-0.1, -0.05) is 25.8 Å². The van der Waals surface area contributed by atoms with E-state index < -0.39 is 0 Å². The van der Waals surface area contributed by atoms with Gasteiger partial charge in [-0.05, 0) is 41.7 Å². The molecule has 0 saturated carbocycles. The van der Waals surface area contributed by atoms with Gasteiger partial charge in [-0.25, -0.2) is 0 Å². The number of hydrogen-bond donors (Lipinski definition) is 0. The average molecular weight is 244 g/mol. The predicted octanol–water partition coefficient (Wildman–Crippen LogP) is 3.78. The van der Waals surface area contributed by atoms with Gasteiger partial charge in [-0.2, -0.15) is 0 Å². The second kappa shape index (κ2) is 5.85. The number of ether oxygens (including phenoxy) is 1. The molecule has 0 radical (unpaired) electrons. The molecule has 0 unspecified atom stereocenters. The molecule has 1 aliphatic carbocycles. The molecule has 0 spiro atoms. The van der Waals surface area contributed by atoms with E-state index >= 15 is 0 Å². The fourth-order valence-electron chi connectivity index (χ4n) is 2.58. The lowest BCUT2D eigenvalue weighted by molar-refractivity contribution is -0.104. The molecule has 0 aromatic heterocycles. The fourth-order valence-corrected chi connectivity index (χ4v) is 2.58. The van der Waals surface area contributed by atoms with Crippen molar-refractivity contribution in [2.24, 2.45) is 0 Å². The highest BCUT2D eigenvalue weighted by atomic mass is 16.5. The van der Waals surface area contributed by atoms with Gasteiger partial charge in [0.15, 0.2) is 0 Å². The van der Waals surface area contributed by atoms with Crippen LogP contribution in [0.2, 0.25) is 0 Å². The standard InChI is InChI=1S/C16H20O2/c1-3-4-5-6-15-13(11-17)9-12-10-14(18-2)7-8-16(12)15/h7-8,10-11H,3-6,9H2,1-2H3. The van der Waals surface area contributed by atoms with Crippen molar-refractivity contribution in [3.05, 3.63) is 34.9 Å². The van der Waals surface area contributed by atoms with Crippen molar-refractivity contribution >= 4 is 11.9 Å². The Labute approximate surface area is 109 Å². The summed E-state index contributed by atoms with van der Waals surface area (Å²) in [6.45, 7) is 2.20. The number of fused-ring (bicyclic) bond motifs is 1. The fraction of sp³-hybridized carbons (Fsp3) is 0.438. The van der Waals surface area contributed by atoms with Crippen LogP contribution in [0, 0.1) is 0 Å². The van der Waals surface area contributed by atoms with E-state index in [0.29, 0.717) is 0 Å². The van der Waals surface area contributed by atoms with Crippen LogP contribution in [-0.4, -0.2) is 13.4 Å². The van der Waals surface area contributed by atoms with Crippen LogP contribution >= 0.6 is 0 Å². The number of hydrogen-bond acceptors (Lipinski definition) is 2. The van der Waals surface area contributed by atoms with E-state index in [1.165, 1.54) is 29.5 Å². The molecule has 0 fully saturated rings. The monoisotopic (exact) mass is 244 g/mol. The lowest BCUT2D eigenvalue weighted by Gasteiger charge is -2.07. The molecule has 0 aliphatic heterocycles. The molecule has 2 heteroatoms. The number of aldehydes is 1. The van der Waals surface area contributed by atoms with Crippen molar-refractivity contribution in [3.8, 4) is 5.75 Å². The maximum atomic E-state index is 11.2. The van der Waals surface area contributed by atoms with E-state index in [2.05, 4.69) is 13.0 Å². The van der Waals surface area contributed by atoms with Gasteiger partial charge < -0.3 is 4.74 Å². The van der Waals surface area contributed by atoms with E-state index in [0.717, 1.165) is 36.9 Å². The zero-order valence-corrected chi connectivity index (χ0v) is 11.2. The third kappa shape index (κ3) is 2.47. The van der Waals surface area contributed by atoms with Gasteiger partial charge in [-0.3, -0.25) is 4.79 Å². The molecule has 18 heavy (non-hydrogen) atoms. The minimum atomic E-state index is 0.761. The summed E-state index contributed by atoms with van der Waals surface area (Å²) in [5.41, 5.74) is 4.67. The molecule has 1 aromatic carbocycles. The number of unbranched alkanes of at least 4 members (excludes halogenated alkanes) is 2. The number of rotatable bonds is 6. The Morgan fingerprint density at radius 1 is 1.33 bits per heavy atom. The van der Waals surface area contributed by atoms with Crippen LogP contribution in [0.5, 0.6) is 5.75 Å². The third-order valence-electron chi connectivity index (χ3n) is 3.58. The zero-order valence-electron chi connectivity index (χ0n) is 11.2. The van der Waals surface area contributed by atoms with Crippen LogP contribution in [0.3, 0.4) is 0 Å². The summed E-state index contributed by atoms with van der Waals surface area (Å²) in [5, 5.41) is 0. The average Bonchev–Trinajstić information content (AvgIpc) is 2.76. The predicted molar refractivity (Wildman–Crippen MR) is 73.8 cm³/mol. The van der Waals surface area contributed by atoms with Crippen LogP contribution in [0.4, 0.5) is 0 Å². The highest BCUT2D eigenvalue weighted by molar-refractivity contribution is 5.93. The number of carbonyl (C=O) groups excluding carboxylic acids is 1. The van der Waals surface area contributed by atoms with Gasteiger partial charge >= 0.3 is 0 Å². The Hall–Kier alpha value is -1.57. The lowest BCUT2D eigenvalue weighted by atomic mass is 9.99. The number of carbonyl (C=O) groups is 1. The maximum absolute atomic E-state index is 11.2. The third-order valence-corrected chi connectivity index (χ3v) is 3.58. The first-order chi connectivity index (χ1) is 8.80. The highest BCUT2D eigenvalue weighted by Crippen LogP contribution is 2.37. The summed E-state index contributed by atoms with van der Waals surface area (Å²) >= 11 is 0. The number of methoxy groups -OCH3 is 1. The SMILES string of the molecule is CCCCCC1=C(C=O)Cc2cc(OC)ccc21. The van der Waals surface area contributed by atoms with Gasteiger partial charge in [0.05, 0.1) is 7.11 Å². The summed E-state index contributed by atoms with van der Waals surface area (Å²) < 4.78 is 5.24. The Morgan fingerprint density at radius 3 is 2.83 bits per heavy atom. The van der Waals surface area contributed by atoms with Crippen molar-refractivity contribution < 1.29 is 9.53 Å². The highest BCUT2D eigenvalue weighted by Gasteiger charge is 2.21. The van der Waals surface area contributed by atoms with Crippen molar-refractivity contribution in [1.82, 2.24) is 0 Å². The molecule has 1 aliphatic rings. The van der Waals surface area contributed by atoms with Crippen molar-refractivity contribution in [2.45, 2.75) is 39.0 Å². The normalized spacial score (nSPS) is 13.7. The van der Waals surface area contributed by atoms with Gasteiger partial charge in [0.1, 0.15) is 12.0 Å². The van der Waals surface area contributed by atoms with Crippen molar-refractivity contribution in [2.75, 3.05) is 7.11 Å². The molecule has 0 heterocycles. The Kier molecular flexibility index (Phi) is 4.19. The smallest absolute Gasteiger partial charge is 0.146 e. The number of allylic oxidation sites excluding steroid dienone is 2. The van der Waals surface area contributed by atoms with Crippen LogP contribution < -0.4 is 4.74 Å². The second-order valence-electron chi connectivity index (χ2n) is 4.78. The van der Waals surface area contributed by atoms with Crippen molar-refractivity contribution in [1.29, 1.82) is 0 Å². The molecule has 1 aromatic rings. The topological polar surface area (TPSA) is 26.3 Å². The molecule has 0 bridgehead atoms. The first kappa shape index (κ1) is 12.9. The second-order valence-corrected chi connectivity index (χ2v) is 4.78. The molecular formula is C16H20O2. The lowest BCUT2D eigenvalue weighted by Crippen LogP contribution is -1.88. The largest absolute Gasteiger partial charge is 0.497 e.